The minimum Gasteiger partial charge on any atom is -0.381 e. The van der Waals surface area contributed by atoms with E-state index >= 15 is 0 Å². The zero-order valence-corrected chi connectivity index (χ0v) is 9.34. The topological polar surface area (TPSA) is 76.0 Å². The molecule has 0 fully saturated rings. The number of hydrogen-bond acceptors (Lipinski definition) is 3. The summed E-state index contributed by atoms with van der Waals surface area (Å²) >= 11 is 0. The zero-order valence-electron chi connectivity index (χ0n) is 8.44. The largest absolute Gasteiger partial charge is 0.381 e. The fraction of sp³-hybridized carbons (Fsp3) is 0.500. The maximum Gasteiger partial charge on any atom is 0.348 e. The van der Waals surface area contributed by atoms with Gasteiger partial charge in [0.2, 0.25) is 0 Å². The molecule has 0 rings (SSSR count). The first kappa shape index (κ1) is 14.6. The molecule has 0 aliphatic rings. The Morgan fingerprint density at radius 1 is 1.60 bits per heavy atom. The van der Waals surface area contributed by atoms with Crippen molar-refractivity contribution in [1.29, 1.82) is 0 Å². The number of methoxy groups -OCH3 is 1. The first-order valence-electron chi connectivity index (χ1n) is 4.16. The molecule has 2 radical (unpaired) electrons. The number of ether oxygens (including phenoxy) is 2. The first-order valence-corrected chi connectivity index (χ1v) is 5.84. The van der Waals surface area contributed by atoms with Crippen molar-refractivity contribution in [3.63, 3.8) is 0 Å². The van der Waals surface area contributed by atoms with Crippen molar-refractivity contribution in [2.45, 2.75) is 12.1 Å². The van der Waals surface area contributed by atoms with E-state index in [0.717, 1.165) is 5.82 Å². The average molecular weight is 232 g/mol. The highest BCUT2D eigenvalue weighted by atomic mass is 31.2. The molecule has 84 valence electrons. The summed E-state index contributed by atoms with van der Waals surface area (Å²) in [5, 5.41) is 0. The van der Waals surface area contributed by atoms with Gasteiger partial charge >= 0.3 is 7.60 Å². The van der Waals surface area contributed by atoms with Gasteiger partial charge in [-0.2, -0.15) is 0 Å². The number of rotatable bonds is 7. The van der Waals surface area contributed by atoms with Crippen molar-refractivity contribution in [3.8, 4) is 0 Å². The second-order valence-corrected chi connectivity index (χ2v) is 4.18. The van der Waals surface area contributed by atoms with Crippen LogP contribution in [-0.4, -0.2) is 43.5 Å². The third kappa shape index (κ3) is 7.53. The molecule has 0 aliphatic heterocycles. The molecule has 2 atom stereocenters. The van der Waals surface area contributed by atoms with Crippen LogP contribution in [0.15, 0.2) is 24.5 Å². The molecule has 2 N–H and O–H groups in total. The van der Waals surface area contributed by atoms with E-state index in [0.29, 0.717) is 0 Å². The summed E-state index contributed by atoms with van der Waals surface area (Å²) in [6.45, 7) is 3.49. The van der Waals surface area contributed by atoms with Crippen molar-refractivity contribution >= 4 is 15.4 Å². The van der Waals surface area contributed by atoms with Crippen molar-refractivity contribution in [1.82, 2.24) is 0 Å². The normalized spacial score (nSPS) is 16.5. The van der Waals surface area contributed by atoms with Gasteiger partial charge in [-0.15, -0.1) is 6.58 Å². The minimum absolute atomic E-state index is 0.0000231. The molecule has 0 bridgehead atoms. The molecule has 0 heterocycles. The van der Waals surface area contributed by atoms with Gasteiger partial charge in [0.15, 0.2) is 0 Å². The van der Waals surface area contributed by atoms with Crippen LogP contribution in [0, 0.1) is 0 Å². The summed E-state index contributed by atoms with van der Waals surface area (Å²) in [4.78, 5) is 17.0. The van der Waals surface area contributed by atoms with E-state index in [2.05, 4.69) is 6.58 Å². The quantitative estimate of drug-likeness (QED) is 0.377. The Labute approximate surface area is 90.3 Å². The molecule has 0 aromatic heterocycles. The summed E-state index contributed by atoms with van der Waals surface area (Å²) < 4.78 is 20.3. The highest BCUT2D eigenvalue weighted by Gasteiger charge is 2.12. The third-order valence-corrected chi connectivity index (χ3v) is 2.11. The van der Waals surface area contributed by atoms with E-state index in [1.165, 1.54) is 19.3 Å². The lowest BCUT2D eigenvalue weighted by atomic mass is 9.94. The van der Waals surface area contributed by atoms with Gasteiger partial charge in [0, 0.05) is 18.9 Å². The van der Waals surface area contributed by atoms with E-state index in [-0.39, 0.29) is 6.61 Å². The van der Waals surface area contributed by atoms with Gasteiger partial charge in [0.25, 0.3) is 0 Å². The van der Waals surface area contributed by atoms with Gasteiger partial charge < -0.3 is 19.3 Å². The smallest absolute Gasteiger partial charge is 0.348 e. The molecule has 5 nitrogen and oxygen atoms in total. The van der Waals surface area contributed by atoms with Crippen molar-refractivity contribution < 1.29 is 23.8 Å². The third-order valence-electron chi connectivity index (χ3n) is 1.51. The molecule has 0 aliphatic carbocycles. The molecule has 0 aromatic carbocycles. The monoisotopic (exact) mass is 232 g/mol. The van der Waals surface area contributed by atoms with Gasteiger partial charge in [-0.1, -0.05) is 12.2 Å². The summed E-state index contributed by atoms with van der Waals surface area (Å²) in [6, 6.07) is -0.714. The molecule has 1 unspecified atom stereocenters. The molecular weight excluding hydrogens is 218 g/mol. The fourth-order valence-electron chi connectivity index (χ4n) is 0.806. The van der Waals surface area contributed by atoms with E-state index in [9.17, 15) is 4.57 Å². The Morgan fingerprint density at radius 2 is 2.20 bits per heavy atom. The van der Waals surface area contributed by atoms with Gasteiger partial charge in [-0.05, 0) is 0 Å². The molecule has 15 heavy (non-hydrogen) atoms. The highest BCUT2D eigenvalue weighted by Crippen LogP contribution is 2.35. The van der Waals surface area contributed by atoms with E-state index in [4.69, 9.17) is 27.1 Å². The Morgan fingerprint density at radius 3 is 2.60 bits per heavy atom. The molecule has 0 saturated carbocycles. The minimum atomic E-state index is -4.12. The van der Waals surface area contributed by atoms with Crippen molar-refractivity contribution in [2.24, 2.45) is 0 Å². The number of hydrogen-bond donors (Lipinski definition) is 2. The summed E-state index contributed by atoms with van der Waals surface area (Å²) in [7, 11) is 2.89. The van der Waals surface area contributed by atoms with E-state index in [1.54, 1.807) is 0 Å². The molecule has 0 saturated heterocycles. The van der Waals surface area contributed by atoms with Crippen LogP contribution in [0.2, 0.25) is 0 Å². The van der Waals surface area contributed by atoms with Crippen LogP contribution >= 0.6 is 7.60 Å². The van der Waals surface area contributed by atoms with Crippen LogP contribution in [0.25, 0.3) is 0 Å². The van der Waals surface area contributed by atoms with Gasteiger partial charge in [0.1, 0.15) is 7.85 Å². The van der Waals surface area contributed by atoms with Crippen molar-refractivity contribution in [2.75, 3.05) is 13.7 Å². The standard InChI is InChI=1S/C8H14BO5P/c1-3-7(13-2)8(9)14-5-4-6-15(10,11)12/h3-4,6-8H,1,5H2,2H3,(H2,10,11,12)/b6-4+/t7-,8?/m1/s1. The van der Waals surface area contributed by atoms with Crippen LogP contribution < -0.4 is 0 Å². The second-order valence-electron chi connectivity index (χ2n) is 2.71. The van der Waals surface area contributed by atoms with Gasteiger partial charge in [0.05, 0.1) is 12.7 Å². The maximum atomic E-state index is 10.4. The Bertz CT molecular complexity index is 262. The van der Waals surface area contributed by atoms with Gasteiger partial charge in [-0.3, -0.25) is 4.57 Å². The lowest BCUT2D eigenvalue weighted by Crippen LogP contribution is -2.29. The van der Waals surface area contributed by atoms with E-state index in [1.807, 2.05) is 0 Å². The highest BCUT2D eigenvalue weighted by molar-refractivity contribution is 7.55. The van der Waals surface area contributed by atoms with Crippen LogP contribution in [-0.2, 0) is 14.0 Å². The van der Waals surface area contributed by atoms with Crippen LogP contribution in [0.5, 0.6) is 0 Å². The Hall–Kier alpha value is -0.385. The SMILES string of the molecule is [B]C(OC/C=C/P(=O)(O)O)[C@@H](C=C)OC. The predicted molar refractivity (Wildman–Crippen MR) is 57.7 cm³/mol. The molecule has 0 aromatic rings. The summed E-state index contributed by atoms with van der Waals surface area (Å²) in [6.07, 6.45) is 2.24. The molecule has 0 amide bonds. The fourth-order valence-corrected chi connectivity index (χ4v) is 1.17. The van der Waals surface area contributed by atoms with Crippen LogP contribution in [0.4, 0.5) is 0 Å². The first-order chi connectivity index (χ1) is 6.90. The van der Waals surface area contributed by atoms with Crippen LogP contribution in [0.3, 0.4) is 0 Å². The average Bonchev–Trinajstić information content (AvgIpc) is 2.13. The lowest BCUT2D eigenvalue weighted by molar-refractivity contribution is 0.0193. The Kier molecular flexibility index (Phi) is 6.80. The van der Waals surface area contributed by atoms with Gasteiger partial charge in [-0.25, -0.2) is 0 Å². The van der Waals surface area contributed by atoms with Crippen molar-refractivity contribution in [3.05, 3.63) is 24.5 Å². The zero-order chi connectivity index (χ0) is 11.9. The summed E-state index contributed by atoms with van der Waals surface area (Å²) in [5.41, 5.74) is 0. The Balaban J connectivity index is 3.91. The van der Waals surface area contributed by atoms with Crippen LogP contribution in [0.1, 0.15) is 0 Å². The lowest BCUT2D eigenvalue weighted by Gasteiger charge is -2.19. The molecular formula is C8H14BO5P. The molecule has 7 heteroatoms. The predicted octanol–water partition coefficient (Wildman–Crippen LogP) is 0.390. The summed E-state index contributed by atoms with van der Waals surface area (Å²) in [5.74, 6) is 0.759. The second kappa shape index (κ2) is 6.98. The molecule has 0 spiro atoms. The maximum absolute atomic E-state index is 10.4. The van der Waals surface area contributed by atoms with E-state index < -0.39 is 19.7 Å².